The zero-order valence-corrected chi connectivity index (χ0v) is 16.9. The predicted octanol–water partition coefficient (Wildman–Crippen LogP) is 4.52. The minimum absolute atomic E-state index is 0.0347. The van der Waals surface area contributed by atoms with E-state index in [0.717, 1.165) is 33.4 Å². The summed E-state index contributed by atoms with van der Waals surface area (Å²) in [7, 11) is 3.24. The van der Waals surface area contributed by atoms with Crippen molar-refractivity contribution >= 4 is 16.7 Å². The Hall–Kier alpha value is -3.61. The average molecular weight is 389 g/mol. The van der Waals surface area contributed by atoms with Crippen molar-refractivity contribution in [2.45, 2.75) is 19.9 Å². The van der Waals surface area contributed by atoms with E-state index in [1.54, 1.807) is 14.2 Å². The Bertz CT molecular complexity index is 1140. The molecule has 2 aromatic heterocycles. The van der Waals surface area contributed by atoms with Crippen molar-refractivity contribution in [3.8, 4) is 22.6 Å². The van der Waals surface area contributed by atoms with E-state index < -0.39 is 0 Å². The Morgan fingerprint density at radius 1 is 1.00 bits per heavy atom. The third kappa shape index (κ3) is 3.71. The fourth-order valence-corrected chi connectivity index (χ4v) is 3.37. The molecule has 7 nitrogen and oxygen atoms in total. The molecular formula is C22H23N5O2. The van der Waals surface area contributed by atoms with Crippen LogP contribution in [0.5, 0.6) is 11.5 Å². The second kappa shape index (κ2) is 7.79. The summed E-state index contributed by atoms with van der Waals surface area (Å²) < 4.78 is 10.9. The quantitative estimate of drug-likeness (QED) is 0.504. The van der Waals surface area contributed by atoms with Gasteiger partial charge in [-0.2, -0.15) is 5.10 Å². The number of aryl methyl sites for hydroxylation is 1. The zero-order chi connectivity index (χ0) is 20.4. The van der Waals surface area contributed by atoms with Gasteiger partial charge in [0.25, 0.3) is 0 Å². The number of rotatable bonds is 6. The summed E-state index contributed by atoms with van der Waals surface area (Å²) in [5, 5.41) is 11.3. The highest BCUT2D eigenvalue weighted by atomic mass is 16.5. The molecule has 2 heterocycles. The number of hydrogen-bond acceptors (Lipinski definition) is 6. The van der Waals surface area contributed by atoms with Crippen LogP contribution in [0.25, 0.3) is 22.0 Å². The first-order valence-electron chi connectivity index (χ1n) is 9.35. The maximum absolute atomic E-state index is 5.46. The molecule has 4 aromatic rings. The number of nitrogens with zero attached hydrogens (tertiary/aromatic N) is 3. The number of hydrogen-bond donors (Lipinski definition) is 2. The van der Waals surface area contributed by atoms with Crippen LogP contribution in [-0.4, -0.2) is 34.4 Å². The van der Waals surface area contributed by atoms with Crippen molar-refractivity contribution in [2.24, 2.45) is 0 Å². The van der Waals surface area contributed by atoms with Gasteiger partial charge >= 0.3 is 0 Å². The first kappa shape index (κ1) is 18.7. The Balaban J connectivity index is 1.71. The second-order valence-corrected chi connectivity index (χ2v) is 6.82. The largest absolute Gasteiger partial charge is 0.493 e. The van der Waals surface area contributed by atoms with Crippen LogP contribution in [0.1, 0.15) is 24.4 Å². The van der Waals surface area contributed by atoms with Crippen molar-refractivity contribution in [1.82, 2.24) is 20.2 Å². The number of nitrogens with one attached hydrogen (secondary N) is 2. The standard InChI is InChI=1S/C22H23N5O2/c1-13(15-6-5-7-16(8-15)17-11-23-24-12-17)25-22-18-9-20(28-3)21(29-4)10-19(18)26-14(2)27-22/h5-13H,1-4H3,(H,23,24)(H,25,26,27)/t13-/m1/s1. The van der Waals surface area contributed by atoms with Gasteiger partial charge in [-0.3, -0.25) is 5.10 Å². The summed E-state index contributed by atoms with van der Waals surface area (Å²) in [5.41, 5.74) is 4.12. The number of ether oxygens (including phenoxy) is 2. The van der Waals surface area contributed by atoms with Crippen molar-refractivity contribution < 1.29 is 9.47 Å². The summed E-state index contributed by atoms with van der Waals surface area (Å²) in [6.45, 7) is 3.99. The van der Waals surface area contributed by atoms with E-state index in [0.29, 0.717) is 17.3 Å². The fraction of sp³-hybridized carbons (Fsp3) is 0.227. The lowest BCUT2D eigenvalue weighted by atomic mass is 10.0. The lowest BCUT2D eigenvalue weighted by Crippen LogP contribution is -2.10. The molecule has 0 bridgehead atoms. The molecule has 4 rings (SSSR count). The molecule has 0 radical (unpaired) electrons. The van der Waals surface area contributed by atoms with Crippen molar-refractivity contribution in [3.05, 3.63) is 60.2 Å². The normalized spacial score (nSPS) is 12.0. The third-order valence-electron chi connectivity index (χ3n) is 4.88. The smallest absolute Gasteiger partial charge is 0.162 e. The van der Waals surface area contributed by atoms with Crippen LogP contribution in [0.3, 0.4) is 0 Å². The van der Waals surface area contributed by atoms with Gasteiger partial charge in [-0.1, -0.05) is 18.2 Å². The molecule has 7 heteroatoms. The summed E-state index contributed by atoms with van der Waals surface area (Å²) in [6, 6.07) is 12.2. The van der Waals surface area contributed by atoms with Gasteiger partial charge in [0.1, 0.15) is 11.6 Å². The van der Waals surface area contributed by atoms with E-state index >= 15 is 0 Å². The van der Waals surface area contributed by atoms with Gasteiger partial charge in [0, 0.05) is 29.3 Å². The summed E-state index contributed by atoms with van der Waals surface area (Å²) in [4.78, 5) is 9.19. The zero-order valence-electron chi connectivity index (χ0n) is 16.9. The number of aromatic amines is 1. The van der Waals surface area contributed by atoms with Crippen LogP contribution in [0, 0.1) is 6.92 Å². The molecule has 0 unspecified atom stereocenters. The summed E-state index contributed by atoms with van der Waals surface area (Å²) in [5.74, 6) is 2.73. The Morgan fingerprint density at radius 2 is 1.79 bits per heavy atom. The van der Waals surface area contributed by atoms with Crippen molar-refractivity contribution in [1.29, 1.82) is 0 Å². The molecule has 0 spiro atoms. The predicted molar refractivity (Wildman–Crippen MR) is 113 cm³/mol. The molecule has 0 saturated heterocycles. The number of benzene rings is 2. The Kier molecular flexibility index (Phi) is 5.03. The first-order chi connectivity index (χ1) is 14.1. The van der Waals surface area contributed by atoms with E-state index in [2.05, 4.69) is 50.6 Å². The summed E-state index contributed by atoms with van der Waals surface area (Å²) in [6.07, 6.45) is 3.70. The van der Waals surface area contributed by atoms with Crippen LogP contribution in [0.15, 0.2) is 48.8 Å². The number of fused-ring (bicyclic) bond motifs is 1. The monoisotopic (exact) mass is 389 g/mol. The van der Waals surface area contributed by atoms with E-state index in [4.69, 9.17) is 9.47 Å². The second-order valence-electron chi connectivity index (χ2n) is 6.82. The molecule has 1 atom stereocenters. The van der Waals surface area contributed by atoms with Gasteiger partial charge in [-0.05, 0) is 37.1 Å². The molecular weight excluding hydrogens is 366 g/mol. The van der Waals surface area contributed by atoms with Gasteiger partial charge in [0.05, 0.1) is 25.9 Å². The lowest BCUT2D eigenvalue weighted by molar-refractivity contribution is 0.356. The minimum atomic E-state index is 0.0347. The Labute approximate surface area is 169 Å². The van der Waals surface area contributed by atoms with Crippen molar-refractivity contribution in [3.63, 3.8) is 0 Å². The van der Waals surface area contributed by atoms with Gasteiger partial charge in [0.15, 0.2) is 11.5 Å². The number of anilines is 1. The van der Waals surface area contributed by atoms with Crippen LogP contribution < -0.4 is 14.8 Å². The molecule has 0 aliphatic rings. The molecule has 0 saturated carbocycles. The van der Waals surface area contributed by atoms with Gasteiger partial charge in [-0.15, -0.1) is 0 Å². The van der Waals surface area contributed by atoms with Gasteiger partial charge in [0.2, 0.25) is 0 Å². The molecule has 29 heavy (non-hydrogen) atoms. The molecule has 2 N–H and O–H groups in total. The minimum Gasteiger partial charge on any atom is -0.493 e. The maximum Gasteiger partial charge on any atom is 0.162 e. The highest BCUT2D eigenvalue weighted by Crippen LogP contribution is 2.35. The van der Waals surface area contributed by atoms with Gasteiger partial charge in [-0.25, -0.2) is 9.97 Å². The highest BCUT2D eigenvalue weighted by Gasteiger charge is 2.15. The fourth-order valence-electron chi connectivity index (χ4n) is 3.37. The van der Waals surface area contributed by atoms with Crippen LogP contribution >= 0.6 is 0 Å². The highest BCUT2D eigenvalue weighted by molar-refractivity contribution is 5.92. The topological polar surface area (TPSA) is 85.0 Å². The van der Waals surface area contributed by atoms with Crippen LogP contribution in [0.2, 0.25) is 0 Å². The average Bonchev–Trinajstić information content (AvgIpc) is 3.27. The molecule has 148 valence electrons. The van der Waals surface area contributed by atoms with E-state index in [1.165, 1.54) is 0 Å². The maximum atomic E-state index is 5.46. The van der Waals surface area contributed by atoms with E-state index in [-0.39, 0.29) is 6.04 Å². The molecule has 0 amide bonds. The Morgan fingerprint density at radius 3 is 2.52 bits per heavy atom. The van der Waals surface area contributed by atoms with Gasteiger partial charge < -0.3 is 14.8 Å². The van der Waals surface area contributed by atoms with Crippen LogP contribution in [-0.2, 0) is 0 Å². The molecule has 0 aliphatic carbocycles. The third-order valence-corrected chi connectivity index (χ3v) is 4.88. The number of aromatic nitrogens is 4. The SMILES string of the molecule is COc1cc2nc(C)nc(N[C@H](C)c3cccc(-c4cn[nH]c4)c3)c2cc1OC. The molecule has 2 aromatic carbocycles. The van der Waals surface area contributed by atoms with E-state index in [9.17, 15) is 0 Å². The summed E-state index contributed by atoms with van der Waals surface area (Å²) >= 11 is 0. The van der Waals surface area contributed by atoms with Crippen molar-refractivity contribution in [2.75, 3.05) is 19.5 Å². The lowest BCUT2D eigenvalue weighted by Gasteiger charge is -2.18. The number of H-pyrrole nitrogens is 1. The molecule has 0 aliphatic heterocycles. The first-order valence-corrected chi connectivity index (χ1v) is 9.35. The molecule has 0 fully saturated rings. The van der Waals surface area contributed by atoms with Crippen LogP contribution in [0.4, 0.5) is 5.82 Å². The van der Waals surface area contributed by atoms with E-state index in [1.807, 2.05) is 37.5 Å². The number of methoxy groups -OCH3 is 2.